The fraction of sp³-hybridized carbons (Fsp3) is 0.231. The molecule has 1 aromatic heterocycles. The predicted molar refractivity (Wildman–Crippen MR) is 79.4 cm³/mol. The maximum absolute atomic E-state index is 6.09. The maximum Gasteiger partial charge on any atom is 0.183 e. The molecule has 0 radical (unpaired) electrons. The van der Waals surface area contributed by atoms with Crippen LogP contribution in [-0.4, -0.2) is 14.7 Å². The Morgan fingerprint density at radius 3 is 2.83 bits per heavy atom. The summed E-state index contributed by atoms with van der Waals surface area (Å²) in [6.07, 6.45) is 2.75. The summed E-state index contributed by atoms with van der Waals surface area (Å²) in [5.74, 6) is 0.942. The quantitative estimate of drug-likeness (QED) is 0.851. The summed E-state index contributed by atoms with van der Waals surface area (Å²) >= 11 is 11.5. The van der Waals surface area contributed by atoms with Crippen molar-refractivity contribution >= 4 is 34.6 Å². The lowest BCUT2D eigenvalue weighted by Gasteiger charge is -2.11. The van der Waals surface area contributed by atoms with Crippen molar-refractivity contribution in [1.82, 2.24) is 9.55 Å². The van der Waals surface area contributed by atoms with Crippen molar-refractivity contribution in [2.24, 2.45) is 0 Å². The number of aryl methyl sites for hydroxylation is 2. The van der Waals surface area contributed by atoms with E-state index in [2.05, 4.69) is 17.2 Å². The SMILES string of the molecule is CCc1nc(C)cn1C(=S)Nc1ccccc1Cl. The zero-order chi connectivity index (χ0) is 13.1. The third-order valence-corrected chi connectivity index (χ3v) is 3.18. The van der Waals surface area contributed by atoms with Crippen LogP contribution in [-0.2, 0) is 6.42 Å². The van der Waals surface area contributed by atoms with E-state index in [-0.39, 0.29) is 0 Å². The van der Waals surface area contributed by atoms with E-state index in [9.17, 15) is 0 Å². The second-order valence-electron chi connectivity index (χ2n) is 3.93. The smallest absolute Gasteiger partial charge is 0.183 e. The number of halogens is 1. The number of thiocarbonyl (C=S) groups is 1. The first-order chi connectivity index (χ1) is 8.61. The zero-order valence-electron chi connectivity index (χ0n) is 10.3. The summed E-state index contributed by atoms with van der Waals surface area (Å²) < 4.78 is 1.88. The maximum atomic E-state index is 6.09. The molecule has 2 aromatic rings. The van der Waals surface area contributed by atoms with Gasteiger partial charge in [0.2, 0.25) is 0 Å². The molecule has 0 saturated carbocycles. The summed E-state index contributed by atoms with van der Waals surface area (Å²) in [6.45, 7) is 4.00. The largest absolute Gasteiger partial charge is 0.331 e. The van der Waals surface area contributed by atoms with E-state index in [1.54, 1.807) is 0 Å². The summed E-state index contributed by atoms with van der Waals surface area (Å²) in [5.41, 5.74) is 1.76. The highest BCUT2D eigenvalue weighted by atomic mass is 35.5. The topological polar surface area (TPSA) is 29.9 Å². The minimum Gasteiger partial charge on any atom is -0.331 e. The van der Waals surface area contributed by atoms with Gasteiger partial charge in [-0.05, 0) is 31.3 Å². The van der Waals surface area contributed by atoms with E-state index in [0.29, 0.717) is 10.1 Å². The molecule has 0 saturated heterocycles. The van der Waals surface area contributed by atoms with Crippen molar-refractivity contribution in [3.63, 3.8) is 0 Å². The minimum atomic E-state index is 0.584. The van der Waals surface area contributed by atoms with E-state index >= 15 is 0 Å². The number of nitrogens with zero attached hydrogens (tertiary/aromatic N) is 2. The van der Waals surface area contributed by atoms with E-state index in [0.717, 1.165) is 23.6 Å². The molecule has 0 fully saturated rings. The molecule has 0 spiro atoms. The van der Waals surface area contributed by atoms with Crippen LogP contribution in [0.25, 0.3) is 0 Å². The van der Waals surface area contributed by atoms with Crippen molar-refractivity contribution in [1.29, 1.82) is 0 Å². The van der Waals surface area contributed by atoms with Crippen LogP contribution in [0.5, 0.6) is 0 Å². The van der Waals surface area contributed by atoms with E-state index in [4.69, 9.17) is 23.8 Å². The van der Waals surface area contributed by atoms with Crippen LogP contribution in [0.4, 0.5) is 5.69 Å². The fourth-order valence-electron chi connectivity index (χ4n) is 1.71. The molecule has 0 aliphatic carbocycles. The first kappa shape index (κ1) is 13.1. The molecule has 0 aliphatic rings. The standard InChI is InChI=1S/C13H14ClN3S/c1-3-12-15-9(2)8-17(12)13(18)16-11-7-5-4-6-10(11)14/h4-8H,3H2,1-2H3,(H,16,18). The molecular weight excluding hydrogens is 266 g/mol. The Hall–Kier alpha value is -1.39. The number of hydrogen-bond donors (Lipinski definition) is 1. The van der Waals surface area contributed by atoms with Gasteiger partial charge in [-0.3, -0.25) is 4.57 Å². The summed E-state index contributed by atoms with van der Waals surface area (Å²) in [5, 5.41) is 4.37. The molecule has 0 aliphatic heterocycles. The second kappa shape index (κ2) is 5.50. The minimum absolute atomic E-state index is 0.584. The number of benzene rings is 1. The van der Waals surface area contributed by atoms with Crippen molar-refractivity contribution in [3.8, 4) is 0 Å². The Bertz CT molecular complexity index is 577. The molecule has 0 bridgehead atoms. The molecule has 5 heteroatoms. The Labute approximate surface area is 117 Å². The highest BCUT2D eigenvalue weighted by Gasteiger charge is 2.09. The van der Waals surface area contributed by atoms with Crippen molar-refractivity contribution in [3.05, 3.63) is 47.0 Å². The van der Waals surface area contributed by atoms with E-state index in [1.165, 1.54) is 0 Å². The highest BCUT2D eigenvalue weighted by molar-refractivity contribution is 7.80. The normalized spacial score (nSPS) is 10.4. The third kappa shape index (κ3) is 2.71. The second-order valence-corrected chi connectivity index (χ2v) is 4.73. The Balaban J connectivity index is 2.25. The van der Waals surface area contributed by atoms with Gasteiger partial charge in [0.15, 0.2) is 5.11 Å². The van der Waals surface area contributed by atoms with Gasteiger partial charge < -0.3 is 5.32 Å². The van der Waals surface area contributed by atoms with Gasteiger partial charge in [-0.2, -0.15) is 0 Å². The fourth-order valence-corrected chi connectivity index (χ4v) is 2.16. The van der Waals surface area contributed by atoms with Gasteiger partial charge in [0.05, 0.1) is 16.4 Å². The Morgan fingerprint density at radius 1 is 1.44 bits per heavy atom. The van der Waals surface area contributed by atoms with Crippen molar-refractivity contribution < 1.29 is 0 Å². The van der Waals surface area contributed by atoms with Crippen molar-refractivity contribution in [2.75, 3.05) is 5.32 Å². The first-order valence-electron chi connectivity index (χ1n) is 5.72. The Kier molecular flexibility index (Phi) is 3.99. The van der Waals surface area contributed by atoms with Gasteiger partial charge in [0.1, 0.15) is 5.82 Å². The first-order valence-corrected chi connectivity index (χ1v) is 6.51. The average molecular weight is 280 g/mol. The zero-order valence-corrected chi connectivity index (χ0v) is 11.8. The molecule has 1 N–H and O–H groups in total. The van der Waals surface area contributed by atoms with Gasteiger partial charge in [0.25, 0.3) is 0 Å². The molecule has 1 heterocycles. The number of anilines is 1. The van der Waals surface area contributed by atoms with Crippen LogP contribution in [0.15, 0.2) is 30.5 Å². The highest BCUT2D eigenvalue weighted by Crippen LogP contribution is 2.20. The molecule has 94 valence electrons. The van der Waals surface area contributed by atoms with Crippen molar-refractivity contribution in [2.45, 2.75) is 20.3 Å². The lowest BCUT2D eigenvalue weighted by molar-refractivity contribution is 0.927. The molecule has 2 rings (SSSR count). The van der Waals surface area contributed by atoms with Crippen LogP contribution in [0.2, 0.25) is 5.02 Å². The summed E-state index contributed by atoms with van der Waals surface area (Å²) in [6, 6.07) is 7.52. The number of nitrogens with one attached hydrogen (secondary N) is 1. The van der Waals surface area contributed by atoms with Crippen LogP contribution >= 0.6 is 23.8 Å². The van der Waals surface area contributed by atoms with E-state index < -0.39 is 0 Å². The monoisotopic (exact) mass is 279 g/mol. The molecule has 3 nitrogen and oxygen atoms in total. The molecule has 1 aromatic carbocycles. The number of imidazole rings is 1. The number of para-hydroxylation sites is 1. The molecule has 0 atom stereocenters. The van der Waals surface area contributed by atoms with Gasteiger partial charge in [-0.25, -0.2) is 4.98 Å². The van der Waals surface area contributed by atoms with Crippen LogP contribution in [0.3, 0.4) is 0 Å². The summed E-state index contributed by atoms with van der Waals surface area (Å²) in [4.78, 5) is 4.42. The summed E-state index contributed by atoms with van der Waals surface area (Å²) in [7, 11) is 0. The molecule has 18 heavy (non-hydrogen) atoms. The number of rotatable bonds is 2. The average Bonchev–Trinajstić information content (AvgIpc) is 2.73. The van der Waals surface area contributed by atoms with Gasteiger partial charge in [-0.1, -0.05) is 30.7 Å². The van der Waals surface area contributed by atoms with Crippen LogP contribution in [0.1, 0.15) is 18.4 Å². The van der Waals surface area contributed by atoms with Gasteiger partial charge in [-0.15, -0.1) is 0 Å². The molecule has 0 unspecified atom stereocenters. The van der Waals surface area contributed by atoms with E-state index in [1.807, 2.05) is 42.0 Å². The van der Waals surface area contributed by atoms with Gasteiger partial charge >= 0.3 is 0 Å². The van der Waals surface area contributed by atoms with Gasteiger partial charge in [0, 0.05) is 12.6 Å². The number of hydrogen-bond acceptors (Lipinski definition) is 2. The van der Waals surface area contributed by atoms with Crippen LogP contribution < -0.4 is 5.32 Å². The molecular formula is C13H14ClN3S. The third-order valence-electron chi connectivity index (χ3n) is 2.55. The lowest BCUT2D eigenvalue weighted by atomic mass is 10.3. The lowest BCUT2D eigenvalue weighted by Crippen LogP contribution is -2.20. The van der Waals surface area contributed by atoms with Crippen LogP contribution in [0, 0.1) is 6.92 Å². The Morgan fingerprint density at radius 2 is 2.17 bits per heavy atom. The molecule has 0 amide bonds. The number of aromatic nitrogens is 2. The predicted octanol–water partition coefficient (Wildman–Crippen LogP) is 3.65.